The van der Waals surface area contributed by atoms with Gasteiger partial charge in [-0.15, -0.1) is 0 Å². The summed E-state index contributed by atoms with van der Waals surface area (Å²) < 4.78 is 2.09. The first kappa shape index (κ1) is 14.0. The van der Waals surface area contributed by atoms with E-state index in [0.717, 1.165) is 34.0 Å². The standard InChI is InChI=1S/C16H16ClN3O/c17-13-5-1-4-12(10-13)11-20-15(7-3-9-21)19-14-6-2-8-18-16(14)20/h1-2,4-6,8,10,21H,3,7,9,11H2. The van der Waals surface area contributed by atoms with Crippen LogP contribution in [0.25, 0.3) is 11.2 Å². The molecule has 21 heavy (non-hydrogen) atoms. The van der Waals surface area contributed by atoms with Gasteiger partial charge in [0.05, 0.1) is 6.54 Å². The zero-order chi connectivity index (χ0) is 14.7. The van der Waals surface area contributed by atoms with E-state index in [4.69, 9.17) is 16.7 Å². The van der Waals surface area contributed by atoms with Gasteiger partial charge in [-0.05, 0) is 36.2 Å². The quantitative estimate of drug-likeness (QED) is 0.788. The van der Waals surface area contributed by atoms with Crippen LogP contribution in [0.2, 0.25) is 5.02 Å². The third-order valence-corrected chi connectivity index (χ3v) is 3.61. The highest BCUT2D eigenvalue weighted by Gasteiger charge is 2.11. The lowest BCUT2D eigenvalue weighted by atomic mass is 10.2. The van der Waals surface area contributed by atoms with Gasteiger partial charge in [0.2, 0.25) is 0 Å². The Morgan fingerprint density at radius 3 is 2.90 bits per heavy atom. The van der Waals surface area contributed by atoms with Crippen molar-refractivity contribution in [1.82, 2.24) is 14.5 Å². The first-order valence-corrected chi connectivity index (χ1v) is 7.31. The van der Waals surface area contributed by atoms with E-state index in [9.17, 15) is 0 Å². The summed E-state index contributed by atoms with van der Waals surface area (Å²) >= 11 is 6.05. The SMILES string of the molecule is OCCCc1nc2cccnc2n1Cc1cccc(Cl)c1. The Morgan fingerprint density at radius 2 is 2.10 bits per heavy atom. The van der Waals surface area contributed by atoms with Gasteiger partial charge in [-0.3, -0.25) is 0 Å². The fourth-order valence-corrected chi connectivity index (χ4v) is 2.63. The van der Waals surface area contributed by atoms with Gasteiger partial charge in [-0.1, -0.05) is 23.7 Å². The highest BCUT2D eigenvalue weighted by molar-refractivity contribution is 6.30. The maximum absolute atomic E-state index is 9.05. The van der Waals surface area contributed by atoms with Crippen LogP contribution in [0.3, 0.4) is 0 Å². The molecule has 4 nitrogen and oxygen atoms in total. The molecule has 0 unspecified atom stereocenters. The Morgan fingerprint density at radius 1 is 1.19 bits per heavy atom. The minimum Gasteiger partial charge on any atom is -0.396 e. The summed E-state index contributed by atoms with van der Waals surface area (Å²) in [6.07, 6.45) is 3.20. The molecule has 108 valence electrons. The zero-order valence-corrected chi connectivity index (χ0v) is 12.3. The van der Waals surface area contributed by atoms with Gasteiger partial charge < -0.3 is 9.67 Å². The molecule has 0 atom stereocenters. The van der Waals surface area contributed by atoms with Gasteiger partial charge in [0, 0.05) is 24.2 Å². The topological polar surface area (TPSA) is 50.9 Å². The molecule has 0 aliphatic carbocycles. The summed E-state index contributed by atoms with van der Waals surface area (Å²) in [7, 11) is 0. The number of fused-ring (bicyclic) bond motifs is 1. The minimum absolute atomic E-state index is 0.161. The number of aliphatic hydroxyl groups excluding tert-OH is 1. The zero-order valence-electron chi connectivity index (χ0n) is 11.5. The van der Waals surface area contributed by atoms with Gasteiger partial charge in [-0.2, -0.15) is 0 Å². The van der Waals surface area contributed by atoms with E-state index in [1.165, 1.54) is 0 Å². The van der Waals surface area contributed by atoms with Crippen molar-refractivity contribution in [3.63, 3.8) is 0 Å². The van der Waals surface area contributed by atoms with E-state index in [1.54, 1.807) is 6.20 Å². The maximum atomic E-state index is 9.05. The summed E-state index contributed by atoms with van der Waals surface area (Å²) in [6.45, 7) is 0.836. The number of aliphatic hydroxyl groups is 1. The number of nitrogens with zero attached hydrogens (tertiary/aromatic N) is 3. The second-order valence-corrected chi connectivity index (χ2v) is 5.35. The molecule has 3 rings (SSSR count). The van der Waals surface area contributed by atoms with Crippen LogP contribution in [0.4, 0.5) is 0 Å². The summed E-state index contributed by atoms with van der Waals surface area (Å²) in [5.74, 6) is 0.942. The van der Waals surface area contributed by atoms with Gasteiger partial charge >= 0.3 is 0 Å². The number of halogens is 1. The highest BCUT2D eigenvalue weighted by Crippen LogP contribution is 2.18. The van der Waals surface area contributed by atoms with Gasteiger partial charge in [0.15, 0.2) is 5.65 Å². The third kappa shape index (κ3) is 3.06. The molecule has 3 aromatic rings. The predicted molar refractivity (Wildman–Crippen MR) is 83.5 cm³/mol. The summed E-state index contributed by atoms with van der Waals surface area (Å²) in [5.41, 5.74) is 2.86. The van der Waals surface area contributed by atoms with E-state index < -0.39 is 0 Å². The second kappa shape index (κ2) is 6.24. The van der Waals surface area contributed by atoms with Crippen molar-refractivity contribution in [1.29, 1.82) is 0 Å². The van der Waals surface area contributed by atoms with Crippen LogP contribution >= 0.6 is 11.6 Å². The molecule has 0 fully saturated rings. The molecule has 1 N–H and O–H groups in total. The Kier molecular flexibility index (Phi) is 4.18. The van der Waals surface area contributed by atoms with Gasteiger partial charge in [0.25, 0.3) is 0 Å². The van der Waals surface area contributed by atoms with Crippen molar-refractivity contribution in [2.75, 3.05) is 6.61 Å². The normalized spacial score (nSPS) is 11.1. The first-order valence-electron chi connectivity index (χ1n) is 6.93. The maximum Gasteiger partial charge on any atom is 0.160 e. The molecule has 1 aromatic carbocycles. The molecule has 2 aromatic heterocycles. The molecule has 0 amide bonds. The Hall–Kier alpha value is -1.91. The first-order chi connectivity index (χ1) is 10.3. The van der Waals surface area contributed by atoms with Crippen LogP contribution in [-0.4, -0.2) is 26.2 Å². The molecule has 0 aliphatic rings. The van der Waals surface area contributed by atoms with Gasteiger partial charge in [-0.25, -0.2) is 9.97 Å². The monoisotopic (exact) mass is 301 g/mol. The largest absolute Gasteiger partial charge is 0.396 e. The molecule has 0 bridgehead atoms. The van der Waals surface area contributed by atoms with Crippen LogP contribution in [0.5, 0.6) is 0 Å². The Bertz CT molecular complexity index is 754. The van der Waals surface area contributed by atoms with E-state index in [2.05, 4.69) is 14.5 Å². The highest BCUT2D eigenvalue weighted by atomic mass is 35.5. The molecule has 0 saturated carbocycles. The number of rotatable bonds is 5. The second-order valence-electron chi connectivity index (χ2n) is 4.92. The molecular weight excluding hydrogens is 286 g/mol. The average molecular weight is 302 g/mol. The summed E-state index contributed by atoms with van der Waals surface area (Å²) in [6, 6.07) is 11.6. The lowest BCUT2D eigenvalue weighted by molar-refractivity contribution is 0.287. The van der Waals surface area contributed by atoms with Crippen molar-refractivity contribution in [3.05, 3.63) is 59.0 Å². The van der Waals surface area contributed by atoms with Crippen molar-refractivity contribution < 1.29 is 5.11 Å². The Balaban J connectivity index is 2.02. The van der Waals surface area contributed by atoms with Crippen LogP contribution in [-0.2, 0) is 13.0 Å². The van der Waals surface area contributed by atoms with Crippen molar-refractivity contribution in [2.45, 2.75) is 19.4 Å². The van der Waals surface area contributed by atoms with Crippen LogP contribution in [0.15, 0.2) is 42.6 Å². The van der Waals surface area contributed by atoms with E-state index >= 15 is 0 Å². The number of hydrogen-bond donors (Lipinski definition) is 1. The fraction of sp³-hybridized carbons (Fsp3) is 0.250. The fourth-order valence-electron chi connectivity index (χ4n) is 2.42. The number of benzene rings is 1. The number of hydrogen-bond acceptors (Lipinski definition) is 3. The van der Waals surface area contributed by atoms with E-state index in [1.807, 2.05) is 36.4 Å². The van der Waals surface area contributed by atoms with Gasteiger partial charge in [0.1, 0.15) is 11.3 Å². The number of imidazole rings is 1. The minimum atomic E-state index is 0.161. The molecule has 5 heteroatoms. The number of aromatic nitrogens is 3. The predicted octanol–water partition coefficient (Wildman–Crippen LogP) is 3.06. The van der Waals surface area contributed by atoms with Crippen LogP contribution < -0.4 is 0 Å². The average Bonchev–Trinajstić information content (AvgIpc) is 2.83. The Labute approximate surface area is 128 Å². The van der Waals surface area contributed by atoms with Crippen LogP contribution in [0, 0.1) is 0 Å². The number of pyridine rings is 1. The van der Waals surface area contributed by atoms with Crippen LogP contribution in [0.1, 0.15) is 17.8 Å². The molecule has 0 aliphatic heterocycles. The summed E-state index contributed by atoms with van der Waals surface area (Å²) in [4.78, 5) is 9.06. The van der Waals surface area contributed by atoms with Crippen molar-refractivity contribution in [3.8, 4) is 0 Å². The molecular formula is C16H16ClN3O. The lowest BCUT2D eigenvalue weighted by Crippen LogP contribution is -2.06. The number of aryl methyl sites for hydroxylation is 1. The molecule has 0 spiro atoms. The molecule has 2 heterocycles. The molecule has 0 radical (unpaired) electrons. The van der Waals surface area contributed by atoms with Crippen molar-refractivity contribution >= 4 is 22.8 Å². The van der Waals surface area contributed by atoms with E-state index in [0.29, 0.717) is 13.0 Å². The molecule has 0 saturated heterocycles. The smallest absolute Gasteiger partial charge is 0.160 e. The lowest BCUT2D eigenvalue weighted by Gasteiger charge is -2.09. The summed E-state index contributed by atoms with van der Waals surface area (Å²) in [5, 5.41) is 9.77. The van der Waals surface area contributed by atoms with E-state index in [-0.39, 0.29) is 6.61 Å². The van der Waals surface area contributed by atoms with Crippen molar-refractivity contribution in [2.24, 2.45) is 0 Å². The third-order valence-electron chi connectivity index (χ3n) is 3.37.